The van der Waals surface area contributed by atoms with Gasteiger partial charge in [-0.3, -0.25) is 4.90 Å². The molecule has 0 aliphatic carbocycles. The van der Waals surface area contributed by atoms with Gasteiger partial charge in [0.1, 0.15) is 0 Å². The molecule has 0 radical (unpaired) electrons. The number of nitrogens with two attached hydrogens (primary N) is 1. The van der Waals surface area contributed by atoms with Crippen LogP contribution in [0.25, 0.3) is 0 Å². The third kappa shape index (κ3) is 3.94. The van der Waals surface area contributed by atoms with Crippen LogP contribution in [0.3, 0.4) is 0 Å². The molecule has 1 aromatic heterocycles. The van der Waals surface area contributed by atoms with Gasteiger partial charge < -0.3 is 10.3 Å². The van der Waals surface area contributed by atoms with Gasteiger partial charge in [-0.15, -0.1) is 0 Å². The van der Waals surface area contributed by atoms with Gasteiger partial charge in [0.15, 0.2) is 5.82 Å². The van der Waals surface area contributed by atoms with Gasteiger partial charge in [-0.1, -0.05) is 65.8 Å². The van der Waals surface area contributed by atoms with Crippen molar-refractivity contribution in [1.82, 2.24) is 15.0 Å². The maximum atomic E-state index is 6.07. The molecular formula is C22H26N4O. The molecule has 1 saturated heterocycles. The summed E-state index contributed by atoms with van der Waals surface area (Å²) in [6.07, 6.45) is 0.690. The predicted molar refractivity (Wildman–Crippen MR) is 105 cm³/mol. The quantitative estimate of drug-likeness (QED) is 0.728. The third-order valence-electron chi connectivity index (χ3n) is 5.59. The van der Waals surface area contributed by atoms with Crippen LogP contribution >= 0.6 is 0 Å². The minimum atomic E-state index is 0.0878. The summed E-state index contributed by atoms with van der Waals surface area (Å²) in [5.74, 6) is 2.31. The first-order chi connectivity index (χ1) is 13.2. The molecule has 0 amide bonds. The summed E-state index contributed by atoms with van der Waals surface area (Å²) in [7, 11) is 0. The normalized spacial score (nSPS) is 21.4. The van der Waals surface area contributed by atoms with E-state index in [2.05, 4.69) is 64.4 Å². The van der Waals surface area contributed by atoms with E-state index in [0.29, 0.717) is 30.7 Å². The van der Waals surface area contributed by atoms with Crippen molar-refractivity contribution >= 4 is 0 Å². The minimum Gasteiger partial charge on any atom is -0.338 e. The lowest BCUT2D eigenvalue weighted by Crippen LogP contribution is -2.26. The van der Waals surface area contributed by atoms with Gasteiger partial charge in [-0.2, -0.15) is 4.98 Å². The van der Waals surface area contributed by atoms with Crippen LogP contribution in [-0.4, -0.2) is 34.7 Å². The first-order valence-electron chi connectivity index (χ1n) is 9.60. The van der Waals surface area contributed by atoms with Gasteiger partial charge in [0, 0.05) is 25.4 Å². The molecule has 1 aliphatic rings. The number of hydrogen-bond acceptors (Lipinski definition) is 5. The van der Waals surface area contributed by atoms with E-state index < -0.39 is 0 Å². The number of aromatic nitrogens is 2. The fourth-order valence-corrected chi connectivity index (χ4v) is 3.98. The van der Waals surface area contributed by atoms with Crippen LogP contribution in [0.1, 0.15) is 41.7 Å². The van der Waals surface area contributed by atoms with Crippen LogP contribution in [0.4, 0.5) is 0 Å². The van der Waals surface area contributed by atoms with E-state index in [0.717, 1.165) is 18.9 Å². The molecule has 0 saturated carbocycles. The molecule has 1 fully saturated rings. The van der Waals surface area contributed by atoms with E-state index in [1.165, 1.54) is 11.1 Å². The van der Waals surface area contributed by atoms with Crippen molar-refractivity contribution < 1.29 is 4.52 Å². The molecule has 2 aromatic carbocycles. The first kappa shape index (κ1) is 17.9. The molecule has 2 heterocycles. The van der Waals surface area contributed by atoms with E-state index in [4.69, 9.17) is 10.3 Å². The SMILES string of the molecule is CC(c1nc(Cc2ccccc2)no1)N1C[C@@H](CN)[C@H](c2ccccc2)C1. The number of rotatable bonds is 6. The van der Waals surface area contributed by atoms with Gasteiger partial charge >= 0.3 is 0 Å². The van der Waals surface area contributed by atoms with Crippen molar-refractivity contribution in [1.29, 1.82) is 0 Å². The topological polar surface area (TPSA) is 68.2 Å². The molecule has 27 heavy (non-hydrogen) atoms. The van der Waals surface area contributed by atoms with E-state index in [9.17, 15) is 0 Å². The molecule has 140 valence electrons. The van der Waals surface area contributed by atoms with E-state index in [1.807, 2.05) is 18.2 Å². The lowest BCUT2D eigenvalue weighted by molar-refractivity contribution is 0.202. The summed E-state index contributed by atoms with van der Waals surface area (Å²) < 4.78 is 5.59. The van der Waals surface area contributed by atoms with Crippen molar-refractivity contribution in [2.75, 3.05) is 19.6 Å². The molecule has 4 rings (SSSR count). The van der Waals surface area contributed by atoms with Crippen LogP contribution in [0.5, 0.6) is 0 Å². The lowest BCUT2D eigenvalue weighted by atomic mass is 9.89. The first-order valence-corrected chi connectivity index (χ1v) is 9.60. The molecule has 0 spiro atoms. The molecule has 3 aromatic rings. The molecule has 0 bridgehead atoms. The third-order valence-corrected chi connectivity index (χ3v) is 5.59. The van der Waals surface area contributed by atoms with Crippen molar-refractivity contribution in [3.63, 3.8) is 0 Å². The Morgan fingerprint density at radius 2 is 1.78 bits per heavy atom. The smallest absolute Gasteiger partial charge is 0.243 e. The number of nitrogens with zero attached hydrogens (tertiary/aromatic N) is 3. The zero-order valence-corrected chi connectivity index (χ0v) is 15.7. The molecular weight excluding hydrogens is 336 g/mol. The van der Waals surface area contributed by atoms with E-state index >= 15 is 0 Å². The number of benzene rings is 2. The molecule has 5 heteroatoms. The standard InChI is InChI=1S/C22H26N4O/c1-16(22-24-21(25-27-22)12-17-8-4-2-5-9-17)26-14-19(13-23)20(15-26)18-10-6-3-7-11-18/h2-11,16,19-20H,12-15,23H2,1H3/t16?,19-,20+/m1/s1. The van der Waals surface area contributed by atoms with Gasteiger partial charge in [0.2, 0.25) is 5.89 Å². The van der Waals surface area contributed by atoms with Crippen LogP contribution in [-0.2, 0) is 6.42 Å². The Kier molecular flexibility index (Phi) is 5.32. The van der Waals surface area contributed by atoms with Gasteiger partial charge in [0.25, 0.3) is 0 Å². The Labute approximate surface area is 160 Å². The summed E-state index contributed by atoms with van der Waals surface area (Å²) in [6, 6.07) is 21.0. The Bertz CT molecular complexity index is 849. The minimum absolute atomic E-state index is 0.0878. The second kappa shape index (κ2) is 8.03. The highest BCUT2D eigenvalue weighted by Gasteiger charge is 2.36. The zero-order chi connectivity index (χ0) is 18.6. The lowest BCUT2D eigenvalue weighted by Gasteiger charge is -2.21. The number of hydrogen-bond donors (Lipinski definition) is 1. The van der Waals surface area contributed by atoms with Crippen molar-refractivity contribution in [2.24, 2.45) is 11.7 Å². The summed E-state index contributed by atoms with van der Waals surface area (Å²) in [6.45, 7) is 4.74. The Morgan fingerprint density at radius 3 is 2.48 bits per heavy atom. The van der Waals surface area contributed by atoms with Crippen molar-refractivity contribution in [2.45, 2.75) is 25.3 Å². The van der Waals surface area contributed by atoms with Gasteiger partial charge in [-0.25, -0.2) is 0 Å². The van der Waals surface area contributed by atoms with Crippen LogP contribution in [0, 0.1) is 5.92 Å². The Morgan fingerprint density at radius 1 is 1.07 bits per heavy atom. The fraction of sp³-hybridized carbons (Fsp3) is 0.364. The molecule has 3 atom stereocenters. The van der Waals surface area contributed by atoms with Gasteiger partial charge in [-0.05, 0) is 30.5 Å². The average Bonchev–Trinajstić information content (AvgIpc) is 3.36. The highest BCUT2D eigenvalue weighted by molar-refractivity contribution is 5.23. The van der Waals surface area contributed by atoms with Crippen molar-refractivity contribution in [3.05, 3.63) is 83.5 Å². The summed E-state index contributed by atoms with van der Waals surface area (Å²) in [5.41, 5.74) is 8.62. The fourth-order valence-electron chi connectivity index (χ4n) is 3.98. The van der Waals surface area contributed by atoms with E-state index in [-0.39, 0.29) is 6.04 Å². The second-order valence-electron chi connectivity index (χ2n) is 7.35. The maximum Gasteiger partial charge on any atom is 0.243 e. The predicted octanol–water partition coefficient (Wildman–Crippen LogP) is 3.40. The largest absolute Gasteiger partial charge is 0.338 e. The van der Waals surface area contributed by atoms with Gasteiger partial charge in [0.05, 0.1) is 6.04 Å². The molecule has 1 unspecified atom stereocenters. The zero-order valence-electron chi connectivity index (χ0n) is 15.7. The van der Waals surface area contributed by atoms with Crippen LogP contribution < -0.4 is 5.73 Å². The number of likely N-dealkylation sites (tertiary alicyclic amines) is 1. The van der Waals surface area contributed by atoms with Crippen molar-refractivity contribution in [3.8, 4) is 0 Å². The monoisotopic (exact) mass is 362 g/mol. The summed E-state index contributed by atoms with van der Waals surface area (Å²) in [5, 5.41) is 4.18. The Balaban J connectivity index is 1.46. The average molecular weight is 362 g/mol. The summed E-state index contributed by atoms with van der Waals surface area (Å²) in [4.78, 5) is 7.06. The molecule has 5 nitrogen and oxygen atoms in total. The maximum absolute atomic E-state index is 6.07. The molecule has 1 aliphatic heterocycles. The molecule has 2 N–H and O–H groups in total. The van der Waals surface area contributed by atoms with Crippen LogP contribution in [0.15, 0.2) is 65.2 Å². The highest BCUT2D eigenvalue weighted by atomic mass is 16.5. The summed E-state index contributed by atoms with van der Waals surface area (Å²) >= 11 is 0. The highest BCUT2D eigenvalue weighted by Crippen LogP contribution is 2.36. The van der Waals surface area contributed by atoms with E-state index in [1.54, 1.807) is 0 Å². The second-order valence-corrected chi connectivity index (χ2v) is 7.35. The Hall–Kier alpha value is -2.50. The van der Waals surface area contributed by atoms with Crippen LogP contribution in [0.2, 0.25) is 0 Å².